The van der Waals surface area contributed by atoms with E-state index in [1.54, 1.807) is 24.3 Å². The fourth-order valence-corrected chi connectivity index (χ4v) is 3.04. The smallest absolute Gasteiger partial charge is 0.257 e. The molecule has 2 heterocycles. The number of amides is 2. The molecule has 0 saturated carbocycles. The van der Waals surface area contributed by atoms with E-state index in [2.05, 4.69) is 0 Å². The molecule has 0 aliphatic carbocycles. The molecule has 1 aromatic heterocycles. The molecule has 0 N–H and O–H groups in total. The van der Waals surface area contributed by atoms with Crippen molar-refractivity contribution in [2.75, 3.05) is 0 Å². The number of fused-ring (bicyclic) bond motifs is 1. The van der Waals surface area contributed by atoms with Crippen molar-refractivity contribution in [2.24, 2.45) is 0 Å². The van der Waals surface area contributed by atoms with Gasteiger partial charge in [0.15, 0.2) is 5.43 Å². The number of imide groups is 1. The molecule has 4 rings (SSSR count). The van der Waals surface area contributed by atoms with Gasteiger partial charge >= 0.3 is 0 Å². The molecule has 1 saturated heterocycles. The first-order chi connectivity index (χ1) is 12.6. The second kappa shape index (κ2) is 6.44. The van der Waals surface area contributed by atoms with Gasteiger partial charge in [-0.15, -0.1) is 0 Å². The average molecular weight is 345 g/mol. The molecule has 1 aliphatic rings. The van der Waals surface area contributed by atoms with Gasteiger partial charge in [0.2, 0.25) is 5.91 Å². The quantitative estimate of drug-likeness (QED) is 0.540. The maximum absolute atomic E-state index is 12.6. The van der Waals surface area contributed by atoms with Crippen LogP contribution in [0.15, 0.2) is 75.6 Å². The van der Waals surface area contributed by atoms with Gasteiger partial charge in [0.25, 0.3) is 5.91 Å². The molecule has 0 bridgehead atoms. The molecular formula is C21H15NO4. The van der Waals surface area contributed by atoms with E-state index < -0.39 is 0 Å². The third-order valence-corrected chi connectivity index (χ3v) is 4.38. The van der Waals surface area contributed by atoms with E-state index in [4.69, 9.17) is 4.42 Å². The molecule has 2 aromatic carbocycles. The highest BCUT2D eigenvalue weighted by atomic mass is 16.3. The molecule has 128 valence electrons. The van der Waals surface area contributed by atoms with Crippen LogP contribution in [0.25, 0.3) is 17.0 Å². The number of hydrogen-bond acceptors (Lipinski definition) is 4. The van der Waals surface area contributed by atoms with Crippen molar-refractivity contribution in [3.05, 3.63) is 87.8 Å². The Morgan fingerprint density at radius 2 is 1.69 bits per heavy atom. The summed E-state index contributed by atoms with van der Waals surface area (Å²) in [5.74, 6) is -0.637. The molecule has 0 spiro atoms. The van der Waals surface area contributed by atoms with Crippen molar-refractivity contribution in [2.45, 2.75) is 13.0 Å². The van der Waals surface area contributed by atoms with Crippen LogP contribution in [-0.2, 0) is 16.1 Å². The lowest BCUT2D eigenvalue weighted by Crippen LogP contribution is -2.28. The second-order valence-electron chi connectivity index (χ2n) is 6.13. The highest BCUT2D eigenvalue weighted by molar-refractivity contribution is 6.15. The largest absolute Gasteiger partial charge is 0.463 e. The number of rotatable bonds is 3. The zero-order valence-electron chi connectivity index (χ0n) is 13.8. The van der Waals surface area contributed by atoms with Crippen molar-refractivity contribution in [3.63, 3.8) is 0 Å². The Bertz CT molecular complexity index is 1100. The summed E-state index contributed by atoms with van der Waals surface area (Å²) in [5.41, 5.74) is 1.70. The molecule has 5 nitrogen and oxygen atoms in total. The fraction of sp³-hybridized carbons (Fsp3) is 0.0952. The third kappa shape index (κ3) is 2.84. The van der Waals surface area contributed by atoms with Crippen LogP contribution in [0.5, 0.6) is 0 Å². The molecule has 0 atom stereocenters. The molecule has 1 fully saturated rings. The van der Waals surface area contributed by atoms with Crippen LogP contribution in [0.3, 0.4) is 0 Å². The monoisotopic (exact) mass is 345 g/mol. The topological polar surface area (TPSA) is 67.6 Å². The summed E-state index contributed by atoms with van der Waals surface area (Å²) >= 11 is 0. The lowest BCUT2D eigenvalue weighted by atomic mass is 10.1. The van der Waals surface area contributed by atoms with Crippen molar-refractivity contribution in [3.8, 4) is 0 Å². The minimum Gasteiger partial charge on any atom is -0.463 e. The van der Waals surface area contributed by atoms with Gasteiger partial charge in [-0.3, -0.25) is 19.3 Å². The van der Waals surface area contributed by atoms with Crippen LogP contribution in [0, 0.1) is 0 Å². The zero-order valence-corrected chi connectivity index (χ0v) is 13.8. The van der Waals surface area contributed by atoms with E-state index in [9.17, 15) is 14.4 Å². The van der Waals surface area contributed by atoms with Gasteiger partial charge in [0.05, 0.1) is 23.9 Å². The second-order valence-corrected chi connectivity index (χ2v) is 6.13. The number of nitrogens with zero attached hydrogens (tertiary/aromatic N) is 1. The van der Waals surface area contributed by atoms with Crippen molar-refractivity contribution in [1.82, 2.24) is 4.90 Å². The molecule has 0 unspecified atom stereocenters. The van der Waals surface area contributed by atoms with Crippen LogP contribution >= 0.6 is 0 Å². The number of benzene rings is 2. The van der Waals surface area contributed by atoms with Crippen molar-refractivity contribution >= 4 is 28.9 Å². The van der Waals surface area contributed by atoms with Gasteiger partial charge in [-0.25, -0.2) is 0 Å². The number of hydrogen-bond donors (Lipinski definition) is 0. The van der Waals surface area contributed by atoms with Crippen LogP contribution in [0.2, 0.25) is 0 Å². The predicted molar refractivity (Wildman–Crippen MR) is 97.1 cm³/mol. The molecule has 1 aliphatic heterocycles. The van der Waals surface area contributed by atoms with Crippen molar-refractivity contribution in [1.29, 1.82) is 0 Å². The summed E-state index contributed by atoms with van der Waals surface area (Å²) < 4.78 is 5.46. The molecule has 3 aromatic rings. The maximum Gasteiger partial charge on any atom is 0.257 e. The predicted octanol–water partition coefficient (Wildman–Crippen LogP) is 3.14. The molecule has 26 heavy (non-hydrogen) atoms. The van der Waals surface area contributed by atoms with Crippen LogP contribution in [-0.4, -0.2) is 16.7 Å². The van der Waals surface area contributed by atoms with Crippen molar-refractivity contribution < 1.29 is 14.0 Å². The Hall–Kier alpha value is -3.47. The summed E-state index contributed by atoms with van der Waals surface area (Å²) in [4.78, 5) is 38.6. The number of likely N-dealkylation sites (tertiary alicyclic amines) is 1. The highest BCUT2D eigenvalue weighted by Gasteiger charge is 2.33. The third-order valence-electron chi connectivity index (χ3n) is 4.38. The Labute approximate surface area is 149 Å². The Morgan fingerprint density at radius 1 is 0.962 bits per heavy atom. The van der Waals surface area contributed by atoms with E-state index >= 15 is 0 Å². The van der Waals surface area contributed by atoms with Gasteiger partial charge in [-0.1, -0.05) is 42.5 Å². The number of carbonyl (C=O) groups is 2. The fourth-order valence-electron chi connectivity index (χ4n) is 3.04. The van der Waals surface area contributed by atoms with Gasteiger partial charge in [-0.2, -0.15) is 0 Å². The number of carbonyl (C=O) groups excluding carboxylic acids is 2. The average Bonchev–Trinajstić information content (AvgIpc) is 2.92. The summed E-state index contributed by atoms with van der Waals surface area (Å²) in [5, 5.41) is 0.444. The first-order valence-electron chi connectivity index (χ1n) is 8.23. The lowest BCUT2D eigenvalue weighted by Gasteiger charge is -2.13. The Kier molecular flexibility index (Phi) is 3.97. The summed E-state index contributed by atoms with van der Waals surface area (Å²) in [6.45, 7) is 0.224. The van der Waals surface area contributed by atoms with Gasteiger partial charge in [0, 0.05) is 5.57 Å². The van der Waals surface area contributed by atoms with Crippen LogP contribution < -0.4 is 5.43 Å². The summed E-state index contributed by atoms with van der Waals surface area (Å²) in [6.07, 6.45) is 2.77. The van der Waals surface area contributed by atoms with E-state index in [-0.39, 0.29) is 35.8 Å². The molecule has 5 heteroatoms. The first-order valence-corrected chi connectivity index (χ1v) is 8.23. The normalized spacial score (nSPS) is 16.0. The minimum atomic E-state index is -0.369. The zero-order chi connectivity index (χ0) is 18.1. The van der Waals surface area contributed by atoms with Crippen LogP contribution in [0.1, 0.15) is 17.5 Å². The van der Waals surface area contributed by atoms with E-state index in [1.165, 1.54) is 17.2 Å². The molecule has 0 radical (unpaired) electrons. The SMILES string of the molecule is O=C1C/C(=C/c2coc3ccccc3c2=O)C(=O)N1Cc1ccccc1. The van der Waals surface area contributed by atoms with Gasteiger partial charge in [0.1, 0.15) is 11.8 Å². The van der Waals surface area contributed by atoms with Gasteiger partial charge in [-0.05, 0) is 23.8 Å². The standard InChI is InChI=1S/C21H15NO4/c23-19-11-15(21(25)22(19)12-14-6-2-1-3-7-14)10-16-13-26-18-9-5-4-8-17(18)20(16)24/h1-10,13H,11-12H2/b15-10-. The number of para-hydroxylation sites is 1. The lowest BCUT2D eigenvalue weighted by molar-refractivity contribution is -0.138. The van der Waals surface area contributed by atoms with Gasteiger partial charge < -0.3 is 4.42 Å². The van der Waals surface area contributed by atoms with E-state index in [0.29, 0.717) is 16.5 Å². The van der Waals surface area contributed by atoms with E-state index in [0.717, 1.165) is 5.56 Å². The maximum atomic E-state index is 12.6. The Balaban J connectivity index is 1.66. The highest BCUT2D eigenvalue weighted by Crippen LogP contribution is 2.23. The Morgan fingerprint density at radius 3 is 2.50 bits per heavy atom. The first kappa shape index (κ1) is 16.0. The van der Waals surface area contributed by atoms with Crippen LogP contribution in [0.4, 0.5) is 0 Å². The summed E-state index contributed by atoms with van der Waals surface area (Å²) in [6, 6.07) is 16.2. The van der Waals surface area contributed by atoms with E-state index in [1.807, 2.05) is 30.3 Å². The minimum absolute atomic E-state index is 0.0159. The summed E-state index contributed by atoms with van der Waals surface area (Å²) in [7, 11) is 0. The molecule has 2 amide bonds. The molecular weight excluding hydrogens is 330 g/mol.